The second-order valence-electron chi connectivity index (χ2n) is 4.93. The van der Waals surface area contributed by atoms with Gasteiger partial charge in [0.2, 0.25) is 0 Å². The molecule has 108 valence electrons. The number of hydrogen-bond acceptors (Lipinski definition) is 3. The van der Waals surface area contributed by atoms with E-state index in [0.717, 1.165) is 11.6 Å². The lowest BCUT2D eigenvalue weighted by atomic mass is 10.1. The third-order valence-corrected chi connectivity index (χ3v) is 5.52. The summed E-state index contributed by atoms with van der Waals surface area (Å²) in [4.78, 5) is 2.70. The number of benzene rings is 1. The van der Waals surface area contributed by atoms with E-state index in [9.17, 15) is 0 Å². The first-order valence-corrected chi connectivity index (χ1v) is 8.96. The van der Waals surface area contributed by atoms with Gasteiger partial charge >= 0.3 is 0 Å². The van der Waals surface area contributed by atoms with Crippen LogP contribution in [0.15, 0.2) is 53.2 Å². The molecule has 1 atom stereocenters. The highest BCUT2D eigenvalue weighted by Gasteiger charge is 2.07. The smallest absolute Gasteiger partial charge is 0.0406 e. The quantitative estimate of drug-likeness (QED) is 0.605. The molecule has 0 saturated heterocycles. The van der Waals surface area contributed by atoms with Crippen molar-refractivity contribution in [2.24, 2.45) is 0 Å². The fourth-order valence-corrected chi connectivity index (χ4v) is 3.92. The molecule has 3 rings (SSSR count). The molecule has 1 aromatic carbocycles. The largest absolute Gasteiger partial charge is 0.305 e. The third-order valence-electron chi connectivity index (χ3n) is 3.41. The average Bonchev–Trinajstić information content (AvgIpc) is 3.16. The fraction of sp³-hybridized carbons (Fsp3) is 0.176. The lowest BCUT2D eigenvalue weighted by Crippen LogP contribution is -2.17. The van der Waals surface area contributed by atoms with Crippen molar-refractivity contribution < 1.29 is 0 Å². The van der Waals surface area contributed by atoms with Gasteiger partial charge in [0.1, 0.15) is 0 Å². The SMILES string of the molecule is C[C@H](NCc1cc(-c2cccs2)cs1)c1ccc(Cl)cc1. The summed E-state index contributed by atoms with van der Waals surface area (Å²) in [6.07, 6.45) is 0. The second kappa shape index (κ2) is 6.75. The first-order chi connectivity index (χ1) is 10.2. The minimum Gasteiger partial charge on any atom is -0.305 e. The topological polar surface area (TPSA) is 12.0 Å². The van der Waals surface area contributed by atoms with Gasteiger partial charge in [-0.1, -0.05) is 29.8 Å². The Hall–Kier alpha value is -1.13. The summed E-state index contributed by atoms with van der Waals surface area (Å²) in [5, 5.41) is 8.70. The average molecular weight is 334 g/mol. The van der Waals surface area contributed by atoms with Crippen LogP contribution in [-0.2, 0) is 6.54 Å². The molecular formula is C17H16ClNS2. The molecule has 3 aromatic rings. The van der Waals surface area contributed by atoms with E-state index in [1.807, 2.05) is 23.5 Å². The van der Waals surface area contributed by atoms with Crippen molar-refractivity contribution in [3.8, 4) is 10.4 Å². The van der Waals surface area contributed by atoms with E-state index in [2.05, 4.69) is 53.3 Å². The molecule has 0 bridgehead atoms. The molecular weight excluding hydrogens is 318 g/mol. The van der Waals surface area contributed by atoms with Crippen molar-refractivity contribution in [2.45, 2.75) is 19.5 Å². The number of hydrogen-bond donors (Lipinski definition) is 1. The Morgan fingerprint density at radius 3 is 2.67 bits per heavy atom. The zero-order valence-electron chi connectivity index (χ0n) is 11.7. The van der Waals surface area contributed by atoms with Crippen LogP contribution >= 0.6 is 34.3 Å². The van der Waals surface area contributed by atoms with Crippen molar-refractivity contribution in [1.82, 2.24) is 5.32 Å². The molecule has 21 heavy (non-hydrogen) atoms. The van der Waals surface area contributed by atoms with Crippen LogP contribution in [0.3, 0.4) is 0 Å². The molecule has 0 unspecified atom stereocenters. The predicted octanol–water partition coefficient (Wildman–Crippen LogP) is 5.98. The Bertz CT molecular complexity index is 686. The molecule has 4 heteroatoms. The zero-order chi connectivity index (χ0) is 14.7. The molecule has 0 saturated carbocycles. The van der Waals surface area contributed by atoms with Gasteiger partial charge in [-0.05, 0) is 47.5 Å². The number of rotatable bonds is 5. The standard InChI is InChI=1S/C17H16ClNS2/c1-12(13-4-6-15(18)7-5-13)19-10-16-9-14(11-21-16)17-3-2-8-20-17/h2-9,11-12,19H,10H2,1H3/t12-/m0/s1. The van der Waals surface area contributed by atoms with Gasteiger partial charge in [-0.3, -0.25) is 0 Å². The van der Waals surface area contributed by atoms with Crippen molar-refractivity contribution in [2.75, 3.05) is 0 Å². The van der Waals surface area contributed by atoms with Gasteiger partial charge in [0.15, 0.2) is 0 Å². The van der Waals surface area contributed by atoms with E-state index in [1.165, 1.54) is 20.9 Å². The molecule has 1 nitrogen and oxygen atoms in total. The van der Waals surface area contributed by atoms with Crippen LogP contribution in [0, 0.1) is 0 Å². The molecule has 2 heterocycles. The Morgan fingerprint density at radius 1 is 1.14 bits per heavy atom. The number of halogens is 1. The Labute approximate surface area is 138 Å². The summed E-state index contributed by atoms with van der Waals surface area (Å²) in [6, 6.07) is 14.9. The van der Waals surface area contributed by atoms with E-state index < -0.39 is 0 Å². The summed E-state index contributed by atoms with van der Waals surface area (Å²) in [7, 11) is 0. The van der Waals surface area contributed by atoms with Crippen LogP contribution in [-0.4, -0.2) is 0 Å². The van der Waals surface area contributed by atoms with Crippen molar-refractivity contribution >= 4 is 34.3 Å². The highest BCUT2D eigenvalue weighted by molar-refractivity contribution is 7.14. The number of thiophene rings is 2. The number of nitrogens with one attached hydrogen (secondary N) is 1. The predicted molar refractivity (Wildman–Crippen MR) is 94.3 cm³/mol. The molecule has 0 aliphatic rings. The van der Waals surface area contributed by atoms with Crippen LogP contribution in [0.2, 0.25) is 5.02 Å². The molecule has 0 spiro atoms. The van der Waals surface area contributed by atoms with E-state index in [-0.39, 0.29) is 0 Å². The van der Waals surface area contributed by atoms with Crippen LogP contribution in [0.5, 0.6) is 0 Å². The van der Waals surface area contributed by atoms with Crippen LogP contribution in [0.25, 0.3) is 10.4 Å². The van der Waals surface area contributed by atoms with Gasteiger partial charge in [-0.15, -0.1) is 22.7 Å². The lowest BCUT2D eigenvalue weighted by molar-refractivity contribution is 0.579. The molecule has 0 amide bonds. The third kappa shape index (κ3) is 3.74. The highest BCUT2D eigenvalue weighted by Crippen LogP contribution is 2.29. The summed E-state index contributed by atoms with van der Waals surface area (Å²) < 4.78 is 0. The molecule has 1 N–H and O–H groups in total. The maximum Gasteiger partial charge on any atom is 0.0406 e. The molecule has 2 aromatic heterocycles. The molecule has 0 aliphatic heterocycles. The molecule has 0 radical (unpaired) electrons. The zero-order valence-corrected chi connectivity index (χ0v) is 14.1. The van der Waals surface area contributed by atoms with Gasteiger partial charge < -0.3 is 5.32 Å². The Kier molecular flexibility index (Phi) is 4.76. The van der Waals surface area contributed by atoms with Gasteiger partial charge in [0.25, 0.3) is 0 Å². The van der Waals surface area contributed by atoms with Crippen molar-refractivity contribution in [3.63, 3.8) is 0 Å². The van der Waals surface area contributed by atoms with Crippen molar-refractivity contribution in [1.29, 1.82) is 0 Å². The van der Waals surface area contributed by atoms with Crippen molar-refractivity contribution in [3.05, 3.63) is 68.7 Å². The summed E-state index contributed by atoms with van der Waals surface area (Å²) in [5.41, 5.74) is 2.58. The first kappa shape index (κ1) is 14.8. The molecule has 0 aliphatic carbocycles. The van der Waals surface area contributed by atoms with E-state index in [1.54, 1.807) is 11.3 Å². The maximum atomic E-state index is 5.92. The Balaban J connectivity index is 1.61. The van der Waals surface area contributed by atoms with E-state index in [4.69, 9.17) is 11.6 Å². The molecule has 0 fully saturated rings. The van der Waals surface area contributed by atoms with E-state index in [0.29, 0.717) is 6.04 Å². The van der Waals surface area contributed by atoms with Crippen LogP contribution < -0.4 is 5.32 Å². The normalized spacial score (nSPS) is 12.5. The lowest BCUT2D eigenvalue weighted by Gasteiger charge is -2.13. The van der Waals surface area contributed by atoms with Gasteiger partial charge in [0, 0.05) is 32.9 Å². The maximum absolute atomic E-state index is 5.92. The van der Waals surface area contributed by atoms with Gasteiger partial charge in [-0.25, -0.2) is 0 Å². The summed E-state index contributed by atoms with van der Waals surface area (Å²) in [6.45, 7) is 3.07. The van der Waals surface area contributed by atoms with E-state index >= 15 is 0 Å². The summed E-state index contributed by atoms with van der Waals surface area (Å²) in [5.74, 6) is 0. The van der Waals surface area contributed by atoms with Gasteiger partial charge in [0.05, 0.1) is 0 Å². The second-order valence-corrected chi connectivity index (χ2v) is 7.31. The monoisotopic (exact) mass is 333 g/mol. The minimum atomic E-state index is 0.314. The minimum absolute atomic E-state index is 0.314. The van der Waals surface area contributed by atoms with Crippen LogP contribution in [0.1, 0.15) is 23.4 Å². The summed E-state index contributed by atoms with van der Waals surface area (Å²) >= 11 is 9.52. The highest BCUT2D eigenvalue weighted by atomic mass is 35.5. The van der Waals surface area contributed by atoms with Crippen LogP contribution in [0.4, 0.5) is 0 Å². The fourth-order valence-electron chi connectivity index (χ4n) is 2.17. The first-order valence-electron chi connectivity index (χ1n) is 6.82. The van der Waals surface area contributed by atoms with Gasteiger partial charge in [-0.2, -0.15) is 0 Å². The Morgan fingerprint density at radius 2 is 1.95 bits per heavy atom.